The molecular weight excluding hydrogens is 420 g/mol. The fraction of sp³-hybridized carbons (Fsp3) is 0.364. The lowest BCUT2D eigenvalue weighted by Gasteiger charge is -2.21. The zero-order valence-electron chi connectivity index (χ0n) is 18.3. The van der Waals surface area contributed by atoms with E-state index in [1.807, 2.05) is 0 Å². The molecule has 0 heterocycles. The molecule has 0 aromatic heterocycles. The topological polar surface area (TPSA) is 102 Å². The minimum Gasteiger partial charge on any atom is -0.493 e. The molecule has 0 aliphatic heterocycles. The number of hydrogen-bond donors (Lipinski definition) is 1. The van der Waals surface area contributed by atoms with E-state index in [1.54, 1.807) is 44.2 Å². The van der Waals surface area contributed by atoms with Crippen LogP contribution < -0.4 is 14.8 Å². The summed E-state index contributed by atoms with van der Waals surface area (Å²) in [6.07, 6.45) is 0. The van der Waals surface area contributed by atoms with Crippen LogP contribution in [0.5, 0.6) is 11.5 Å². The van der Waals surface area contributed by atoms with E-state index in [2.05, 4.69) is 5.32 Å². The lowest BCUT2D eigenvalue weighted by atomic mass is 10.1. The molecule has 1 N–H and O–H groups in total. The number of sulfonamides is 1. The molecule has 0 saturated carbocycles. The van der Waals surface area contributed by atoms with E-state index < -0.39 is 10.0 Å². The molecule has 0 fully saturated rings. The van der Waals surface area contributed by atoms with Crippen LogP contribution in [0.1, 0.15) is 36.7 Å². The number of amides is 1. The highest BCUT2D eigenvalue weighted by Crippen LogP contribution is 2.28. The van der Waals surface area contributed by atoms with Crippen molar-refractivity contribution in [2.24, 2.45) is 0 Å². The maximum absolute atomic E-state index is 12.5. The van der Waals surface area contributed by atoms with Crippen molar-refractivity contribution in [3.8, 4) is 11.5 Å². The number of carbonyl (C=O) groups excluding carboxylic acids is 2. The van der Waals surface area contributed by atoms with Crippen LogP contribution in [0.2, 0.25) is 0 Å². The number of hydrogen-bond acceptors (Lipinski definition) is 6. The Labute approximate surface area is 183 Å². The summed E-state index contributed by atoms with van der Waals surface area (Å²) in [4.78, 5) is 23.8. The molecular formula is C22H28N2O6S. The SMILES string of the molecule is COc1cc(C(C)=O)ccc1OCC(=O)NCc1ccc(S(=O)(=O)N(C)C(C)C)cc1. The fourth-order valence-electron chi connectivity index (χ4n) is 2.62. The predicted octanol–water partition coefficient (Wildman–Crippen LogP) is 2.62. The van der Waals surface area contributed by atoms with Crippen LogP contribution in [0.4, 0.5) is 0 Å². The number of nitrogens with one attached hydrogen (secondary N) is 1. The first-order valence-electron chi connectivity index (χ1n) is 9.71. The third-order valence-electron chi connectivity index (χ3n) is 4.75. The first-order chi connectivity index (χ1) is 14.6. The van der Waals surface area contributed by atoms with Gasteiger partial charge in [-0.1, -0.05) is 12.1 Å². The van der Waals surface area contributed by atoms with E-state index in [4.69, 9.17) is 9.47 Å². The van der Waals surface area contributed by atoms with Crippen LogP contribution in [-0.4, -0.2) is 51.2 Å². The van der Waals surface area contributed by atoms with Gasteiger partial charge in [0.2, 0.25) is 10.0 Å². The summed E-state index contributed by atoms with van der Waals surface area (Å²) < 4.78 is 37.0. The molecule has 0 unspecified atom stereocenters. The van der Waals surface area contributed by atoms with Gasteiger partial charge < -0.3 is 14.8 Å². The Hall–Kier alpha value is -2.91. The maximum Gasteiger partial charge on any atom is 0.258 e. The fourth-order valence-corrected chi connectivity index (χ4v) is 3.99. The third kappa shape index (κ3) is 6.28. The average Bonchev–Trinajstić information content (AvgIpc) is 2.75. The van der Waals surface area contributed by atoms with Crippen LogP contribution in [0, 0.1) is 0 Å². The molecule has 0 spiro atoms. The number of Topliss-reactive ketones (excluding diaryl/α,β-unsaturated/α-hetero) is 1. The van der Waals surface area contributed by atoms with Crippen molar-refractivity contribution >= 4 is 21.7 Å². The molecule has 0 radical (unpaired) electrons. The molecule has 0 atom stereocenters. The van der Waals surface area contributed by atoms with E-state index in [0.717, 1.165) is 5.56 Å². The number of methoxy groups -OCH3 is 1. The number of nitrogens with zero attached hydrogens (tertiary/aromatic N) is 1. The number of carbonyl (C=O) groups is 2. The first kappa shape index (κ1) is 24.4. The second-order valence-electron chi connectivity index (χ2n) is 7.25. The second kappa shape index (κ2) is 10.4. The zero-order chi connectivity index (χ0) is 23.2. The Morgan fingerprint density at radius 1 is 1.06 bits per heavy atom. The van der Waals surface area contributed by atoms with Gasteiger partial charge in [-0.15, -0.1) is 0 Å². The van der Waals surface area contributed by atoms with Gasteiger partial charge in [0.1, 0.15) is 0 Å². The Morgan fingerprint density at radius 2 is 1.71 bits per heavy atom. The van der Waals surface area contributed by atoms with Crippen molar-refractivity contribution in [2.75, 3.05) is 20.8 Å². The Kier molecular flexibility index (Phi) is 8.18. The van der Waals surface area contributed by atoms with E-state index >= 15 is 0 Å². The second-order valence-corrected chi connectivity index (χ2v) is 9.24. The van der Waals surface area contributed by atoms with Gasteiger partial charge in [0.15, 0.2) is 23.9 Å². The largest absolute Gasteiger partial charge is 0.493 e. The summed E-state index contributed by atoms with van der Waals surface area (Å²) in [5.41, 5.74) is 1.24. The van der Waals surface area contributed by atoms with Crippen molar-refractivity contribution in [2.45, 2.75) is 38.3 Å². The van der Waals surface area contributed by atoms with E-state index in [1.165, 1.54) is 37.5 Å². The highest BCUT2D eigenvalue weighted by molar-refractivity contribution is 7.89. The van der Waals surface area contributed by atoms with Crippen LogP contribution in [0.15, 0.2) is 47.4 Å². The normalized spacial score (nSPS) is 11.5. The van der Waals surface area contributed by atoms with Crippen LogP contribution in [-0.2, 0) is 21.4 Å². The van der Waals surface area contributed by atoms with Crippen molar-refractivity contribution in [3.63, 3.8) is 0 Å². The van der Waals surface area contributed by atoms with Crippen LogP contribution in [0.25, 0.3) is 0 Å². The van der Waals surface area contributed by atoms with E-state index in [9.17, 15) is 18.0 Å². The lowest BCUT2D eigenvalue weighted by molar-refractivity contribution is -0.123. The van der Waals surface area contributed by atoms with E-state index in [-0.39, 0.29) is 35.8 Å². The predicted molar refractivity (Wildman–Crippen MR) is 117 cm³/mol. The summed E-state index contributed by atoms with van der Waals surface area (Å²) >= 11 is 0. The molecule has 0 bridgehead atoms. The van der Waals surface area contributed by atoms with Gasteiger partial charge in [0, 0.05) is 25.2 Å². The van der Waals surface area contributed by atoms with Gasteiger partial charge in [-0.05, 0) is 56.7 Å². The van der Waals surface area contributed by atoms with Gasteiger partial charge in [-0.25, -0.2) is 8.42 Å². The molecule has 0 aliphatic carbocycles. The van der Waals surface area contributed by atoms with Crippen molar-refractivity contribution in [1.29, 1.82) is 0 Å². The highest BCUT2D eigenvalue weighted by atomic mass is 32.2. The molecule has 9 heteroatoms. The summed E-state index contributed by atoms with van der Waals surface area (Å²) in [5.74, 6) is 0.265. The zero-order valence-corrected chi connectivity index (χ0v) is 19.2. The number of rotatable bonds is 10. The standard InChI is InChI=1S/C22H28N2O6S/c1-15(2)24(4)31(27,28)19-9-6-17(7-10-19)13-23-22(26)14-30-20-11-8-18(16(3)25)12-21(20)29-5/h6-12,15H,13-14H2,1-5H3,(H,23,26). The number of benzene rings is 2. The highest BCUT2D eigenvalue weighted by Gasteiger charge is 2.22. The van der Waals surface area contributed by atoms with Crippen molar-refractivity contribution in [1.82, 2.24) is 9.62 Å². The summed E-state index contributed by atoms with van der Waals surface area (Å²) in [6.45, 7) is 5.05. The Balaban J connectivity index is 1.93. The van der Waals surface area contributed by atoms with Gasteiger partial charge in [0.05, 0.1) is 12.0 Å². The van der Waals surface area contributed by atoms with Gasteiger partial charge >= 0.3 is 0 Å². The molecule has 8 nitrogen and oxygen atoms in total. The monoisotopic (exact) mass is 448 g/mol. The minimum atomic E-state index is -3.55. The number of ketones is 1. The first-order valence-corrected chi connectivity index (χ1v) is 11.2. The van der Waals surface area contributed by atoms with Crippen LogP contribution in [0.3, 0.4) is 0 Å². The van der Waals surface area contributed by atoms with Gasteiger partial charge in [0.25, 0.3) is 5.91 Å². The quantitative estimate of drug-likeness (QED) is 0.561. The van der Waals surface area contributed by atoms with Crippen molar-refractivity contribution < 1.29 is 27.5 Å². The lowest BCUT2D eigenvalue weighted by Crippen LogP contribution is -2.33. The molecule has 0 saturated heterocycles. The molecule has 168 valence electrons. The van der Waals surface area contributed by atoms with Crippen LogP contribution >= 0.6 is 0 Å². The summed E-state index contributed by atoms with van der Waals surface area (Å²) in [7, 11) is -0.556. The summed E-state index contributed by atoms with van der Waals surface area (Å²) in [5, 5.41) is 2.72. The molecule has 2 aromatic rings. The Morgan fingerprint density at radius 3 is 2.26 bits per heavy atom. The van der Waals surface area contributed by atoms with Gasteiger partial charge in [-0.3, -0.25) is 9.59 Å². The molecule has 2 aromatic carbocycles. The Bertz CT molecular complexity index is 1030. The molecule has 31 heavy (non-hydrogen) atoms. The van der Waals surface area contributed by atoms with Gasteiger partial charge in [-0.2, -0.15) is 4.31 Å². The average molecular weight is 449 g/mol. The summed E-state index contributed by atoms with van der Waals surface area (Å²) in [6, 6.07) is 10.9. The smallest absolute Gasteiger partial charge is 0.258 e. The van der Waals surface area contributed by atoms with E-state index in [0.29, 0.717) is 17.1 Å². The molecule has 2 rings (SSSR count). The van der Waals surface area contributed by atoms with Crippen molar-refractivity contribution in [3.05, 3.63) is 53.6 Å². The molecule has 0 aliphatic rings. The minimum absolute atomic E-state index is 0.0998. The third-order valence-corrected chi connectivity index (χ3v) is 6.79. The maximum atomic E-state index is 12.5. The molecule has 1 amide bonds. The number of ether oxygens (including phenoxy) is 2.